The highest BCUT2D eigenvalue weighted by molar-refractivity contribution is 7.86. The van der Waals surface area contributed by atoms with Crippen LogP contribution in [0.25, 0.3) is 0 Å². The molecule has 1 amide bonds. The Balaban J connectivity index is 1.54. The van der Waals surface area contributed by atoms with Gasteiger partial charge in [0.15, 0.2) is 0 Å². The molecule has 6 heteroatoms. The smallest absolute Gasteiger partial charge is 0.296 e. The lowest BCUT2D eigenvalue weighted by molar-refractivity contribution is -0.127. The van der Waals surface area contributed by atoms with Crippen LogP contribution >= 0.6 is 0 Å². The van der Waals surface area contributed by atoms with Crippen LogP contribution in [0.15, 0.2) is 41.3 Å². The Bertz CT molecular complexity index is 713. The van der Waals surface area contributed by atoms with Gasteiger partial charge in [0.1, 0.15) is 0 Å². The van der Waals surface area contributed by atoms with Crippen LogP contribution in [-0.4, -0.2) is 27.0 Å². The van der Waals surface area contributed by atoms with E-state index in [0.717, 1.165) is 24.8 Å². The number of allylic oxidation sites excluding steroid dienone is 2. The molecule has 23 heavy (non-hydrogen) atoms. The van der Waals surface area contributed by atoms with Crippen molar-refractivity contribution in [3.63, 3.8) is 0 Å². The zero-order valence-corrected chi connectivity index (χ0v) is 13.9. The van der Waals surface area contributed by atoms with Crippen molar-refractivity contribution in [2.75, 3.05) is 6.61 Å². The van der Waals surface area contributed by atoms with Gasteiger partial charge in [-0.15, -0.1) is 0 Å². The lowest BCUT2D eigenvalue weighted by Gasteiger charge is -2.18. The topological polar surface area (TPSA) is 72.5 Å². The molecule has 0 saturated carbocycles. The van der Waals surface area contributed by atoms with Gasteiger partial charge >= 0.3 is 0 Å². The van der Waals surface area contributed by atoms with E-state index in [-0.39, 0.29) is 28.9 Å². The fourth-order valence-electron chi connectivity index (χ4n) is 3.25. The van der Waals surface area contributed by atoms with E-state index in [4.69, 9.17) is 4.18 Å². The lowest BCUT2D eigenvalue weighted by atomic mass is 9.82. The van der Waals surface area contributed by atoms with Crippen LogP contribution in [0.5, 0.6) is 0 Å². The fraction of sp³-hybridized carbons (Fsp3) is 0.471. The first-order chi connectivity index (χ1) is 10.9. The minimum atomic E-state index is -3.73. The molecule has 1 aromatic rings. The molecule has 0 bridgehead atoms. The molecular formula is C17H21NO4S. The van der Waals surface area contributed by atoms with Crippen molar-refractivity contribution in [2.45, 2.75) is 43.5 Å². The molecule has 1 saturated heterocycles. The zero-order chi connectivity index (χ0) is 16.5. The van der Waals surface area contributed by atoms with E-state index in [2.05, 4.69) is 5.32 Å². The van der Waals surface area contributed by atoms with Crippen molar-refractivity contribution in [1.29, 1.82) is 0 Å². The summed E-state index contributed by atoms with van der Waals surface area (Å²) in [7, 11) is -3.73. The predicted octanol–water partition coefficient (Wildman–Crippen LogP) is 2.32. The number of hydrogen-bond acceptors (Lipinski definition) is 4. The van der Waals surface area contributed by atoms with E-state index in [1.54, 1.807) is 24.3 Å². The highest BCUT2D eigenvalue weighted by Gasteiger charge is 2.46. The summed E-state index contributed by atoms with van der Waals surface area (Å²) in [6, 6.07) is 6.55. The van der Waals surface area contributed by atoms with Crippen LogP contribution in [0, 0.1) is 12.3 Å². The van der Waals surface area contributed by atoms with Crippen molar-refractivity contribution < 1.29 is 17.4 Å². The average Bonchev–Trinajstić information content (AvgIpc) is 3.08. The monoisotopic (exact) mass is 335 g/mol. The van der Waals surface area contributed by atoms with Crippen molar-refractivity contribution in [3.05, 3.63) is 42.0 Å². The Hall–Kier alpha value is -1.66. The Morgan fingerprint density at radius 1 is 1.22 bits per heavy atom. The average molecular weight is 335 g/mol. The maximum Gasteiger partial charge on any atom is 0.296 e. The molecule has 1 N–H and O–H groups in total. The van der Waals surface area contributed by atoms with Crippen molar-refractivity contribution in [3.8, 4) is 0 Å². The van der Waals surface area contributed by atoms with Gasteiger partial charge in [-0.05, 0) is 44.7 Å². The Morgan fingerprint density at radius 3 is 2.52 bits per heavy atom. The fourth-order valence-corrected chi connectivity index (χ4v) is 4.18. The van der Waals surface area contributed by atoms with E-state index >= 15 is 0 Å². The summed E-state index contributed by atoms with van der Waals surface area (Å²) in [5, 5.41) is 2.97. The second kappa shape index (κ2) is 6.09. The first-order valence-electron chi connectivity index (χ1n) is 7.83. The summed E-state index contributed by atoms with van der Waals surface area (Å²) in [4.78, 5) is 12.3. The van der Waals surface area contributed by atoms with E-state index in [1.807, 2.05) is 19.1 Å². The maximum atomic E-state index is 12.1. The van der Waals surface area contributed by atoms with E-state index < -0.39 is 10.1 Å². The number of carbonyl (C=O) groups excluding carboxylic acids is 1. The van der Waals surface area contributed by atoms with Gasteiger partial charge in [-0.3, -0.25) is 8.98 Å². The molecule has 1 aromatic carbocycles. The van der Waals surface area contributed by atoms with Gasteiger partial charge in [-0.1, -0.05) is 29.8 Å². The molecule has 1 heterocycles. The van der Waals surface area contributed by atoms with Gasteiger partial charge < -0.3 is 5.32 Å². The summed E-state index contributed by atoms with van der Waals surface area (Å²) in [6.45, 7) is 1.97. The zero-order valence-electron chi connectivity index (χ0n) is 13.1. The van der Waals surface area contributed by atoms with Crippen LogP contribution in [0.4, 0.5) is 0 Å². The standard InChI is InChI=1S/C17H21NO4S/c1-13-4-6-15(7-5-13)23(20,21)22-11-8-14-12-17(16(19)18-14)9-2-3-10-17/h2-7,14H,8-12H2,1H3,(H,18,19)/t14-/m1/s1. The molecule has 124 valence electrons. The minimum Gasteiger partial charge on any atom is -0.353 e. The molecule has 0 radical (unpaired) electrons. The van der Waals surface area contributed by atoms with Crippen LogP contribution in [-0.2, 0) is 19.1 Å². The van der Waals surface area contributed by atoms with Gasteiger partial charge in [0.2, 0.25) is 5.91 Å². The van der Waals surface area contributed by atoms with Gasteiger partial charge in [0.05, 0.1) is 16.9 Å². The number of nitrogens with one attached hydrogen (secondary N) is 1. The van der Waals surface area contributed by atoms with Gasteiger partial charge in [-0.25, -0.2) is 0 Å². The molecule has 0 aromatic heterocycles. The third-order valence-electron chi connectivity index (χ3n) is 4.65. The first kappa shape index (κ1) is 16.2. The van der Waals surface area contributed by atoms with Crippen molar-refractivity contribution >= 4 is 16.0 Å². The Labute approximate surface area is 136 Å². The number of amides is 1. The number of benzene rings is 1. The minimum absolute atomic E-state index is 0.0179. The number of hydrogen-bond donors (Lipinski definition) is 1. The molecule has 1 atom stereocenters. The van der Waals surface area contributed by atoms with E-state index in [1.165, 1.54) is 0 Å². The molecule has 3 rings (SSSR count). The molecular weight excluding hydrogens is 314 g/mol. The SMILES string of the molecule is Cc1ccc(S(=O)(=O)OCC[C@@H]2CC3(CC=CC3)C(=O)N2)cc1. The summed E-state index contributed by atoms with van der Waals surface area (Å²) < 4.78 is 29.3. The number of rotatable bonds is 5. The molecule has 5 nitrogen and oxygen atoms in total. The molecule has 1 aliphatic carbocycles. The second-order valence-electron chi connectivity index (χ2n) is 6.41. The third kappa shape index (κ3) is 3.33. The van der Waals surface area contributed by atoms with Crippen LogP contribution in [0.1, 0.15) is 31.2 Å². The lowest BCUT2D eigenvalue weighted by Crippen LogP contribution is -2.30. The molecule has 1 fully saturated rings. The van der Waals surface area contributed by atoms with Crippen LogP contribution in [0.2, 0.25) is 0 Å². The van der Waals surface area contributed by atoms with Crippen LogP contribution in [0.3, 0.4) is 0 Å². The highest BCUT2D eigenvalue weighted by atomic mass is 32.2. The molecule has 2 aliphatic rings. The summed E-state index contributed by atoms with van der Waals surface area (Å²) in [5.41, 5.74) is 0.689. The largest absolute Gasteiger partial charge is 0.353 e. The Kier molecular flexibility index (Phi) is 4.29. The summed E-state index contributed by atoms with van der Waals surface area (Å²) in [5.74, 6) is 0.0777. The summed E-state index contributed by atoms with van der Waals surface area (Å²) >= 11 is 0. The predicted molar refractivity (Wildman–Crippen MR) is 86.3 cm³/mol. The van der Waals surface area contributed by atoms with E-state index in [9.17, 15) is 13.2 Å². The third-order valence-corrected chi connectivity index (χ3v) is 5.98. The Morgan fingerprint density at radius 2 is 1.87 bits per heavy atom. The number of aryl methyl sites for hydroxylation is 1. The number of carbonyl (C=O) groups is 1. The van der Waals surface area contributed by atoms with E-state index in [0.29, 0.717) is 6.42 Å². The van der Waals surface area contributed by atoms with Gasteiger partial charge in [0, 0.05) is 6.04 Å². The van der Waals surface area contributed by atoms with Crippen LogP contribution < -0.4 is 5.32 Å². The highest BCUT2D eigenvalue weighted by Crippen LogP contribution is 2.42. The normalized spacial score (nSPS) is 22.7. The van der Waals surface area contributed by atoms with Crippen molar-refractivity contribution in [2.24, 2.45) is 5.41 Å². The maximum absolute atomic E-state index is 12.1. The first-order valence-corrected chi connectivity index (χ1v) is 9.24. The second-order valence-corrected chi connectivity index (χ2v) is 8.03. The summed E-state index contributed by atoms with van der Waals surface area (Å²) in [6.07, 6.45) is 6.88. The van der Waals surface area contributed by atoms with Gasteiger partial charge in [-0.2, -0.15) is 8.42 Å². The van der Waals surface area contributed by atoms with Gasteiger partial charge in [0.25, 0.3) is 10.1 Å². The quantitative estimate of drug-likeness (QED) is 0.662. The van der Waals surface area contributed by atoms with Crippen molar-refractivity contribution in [1.82, 2.24) is 5.32 Å². The molecule has 1 aliphatic heterocycles. The molecule has 1 spiro atoms. The molecule has 0 unspecified atom stereocenters.